The first-order chi connectivity index (χ1) is 18.7. The lowest BCUT2D eigenvalue weighted by molar-refractivity contribution is -0.143. The highest BCUT2D eigenvalue weighted by Crippen LogP contribution is 2.21. The first kappa shape index (κ1) is 30.8. The molecule has 39 heavy (non-hydrogen) atoms. The van der Waals surface area contributed by atoms with Crippen molar-refractivity contribution in [3.63, 3.8) is 0 Å². The molecule has 0 saturated heterocycles. The molecule has 0 aliphatic carbocycles. The van der Waals surface area contributed by atoms with Crippen LogP contribution in [0.25, 0.3) is 0 Å². The molecule has 2 atom stereocenters. The van der Waals surface area contributed by atoms with Crippen LogP contribution in [-0.2, 0) is 39.1 Å². The van der Waals surface area contributed by atoms with E-state index in [1.54, 1.807) is 25.3 Å². The van der Waals surface area contributed by atoms with E-state index in [1.165, 1.54) is 12.1 Å². The molecule has 0 unspecified atom stereocenters. The topological polar surface area (TPSA) is 88.6 Å². The average Bonchev–Trinajstić information content (AvgIpc) is 2.92. The summed E-state index contributed by atoms with van der Waals surface area (Å²) in [5.41, 5.74) is 3.20. The molecule has 3 aromatic rings. The highest BCUT2D eigenvalue weighted by Gasteiger charge is 2.26. The molecule has 3 rings (SSSR count). The first-order valence-corrected chi connectivity index (χ1v) is 15.2. The minimum atomic E-state index is -3.75. The Kier molecular flexibility index (Phi) is 11.9. The molecule has 7 nitrogen and oxygen atoms in total. The minimum absolute atomic E-state index is 0.0857. The lowest BCUT2D eigenvalue weighted by Crippen LogP contribution is -2.47. The summed E-state index contributed by atoms with van der Waals surface area (Å²) in [5.74, 6) is -0.129. The van der Waals surface area contributed by atoms with Crippen molar-refractivity contribution in [3.8, 4) is 0 Å². The van der Waals surface area contributed by atoms with Gasteiger partial charge in [-0.3, -0.25) is 14.7 Å². The molecule has 0 aliphatic heterocycles. The van der Waals surface area contributed by atoms with Gasteiger partial charge in [0.05, 0.1) is 11.5 Å². The van der Waals surface area contributed by atoms with E-state index in [1.807, 2.05) is 36.5 Å². The molecule has 210 valence electrons. The number of nitrogens with zero attached hydrogens (tertiary/aromatic N) is 2. The smallest absolute Gasteiger partial charge is 0.306 e. The van der Waals surface area contributed by atoms with Crippen LogP contribution in [0.5, 0.6) is 0 Å². The van der Waals surface area contributed by atoms with Crippen LogP contribution in [0.3, 0.4) is 0 Å². The Balaban J connectivity index is 1.86. The molecule has 0 amide bonds. The van der Waals surface area contributed by atoms with Crippen molar-refractivity contribution in [2.75, 3.05) is 13.2 Å². The second-order valence-electron chi connectivity index (χ2n) is 9.67. The van der Waals surface area contributed by atoms with E-state index < -0.39 is 10.0 Å². The summed E-state index contributed by atoms with van der Waals surface area (Å²) in [4.78, 5) is 18.7. The molecule has 1 heterocycles. The highest BCUT2D eigenvalue weighted by molar-refractivity contribution is 7.89. The molecular formula is C30H38ClN3O4S. The maximum atomic E-state index is 13.3. The molecule has 1 N–H and O–H groups in total. The molecular weight excluding hydrogens is 534 g/mol. The highest BCUT2D eigenvalue weighted by atomic mass is 35.5. The molecule has 2 aromatic carbocycles. The largest absolute Gasteiger partial charge is 0.466 e. The number of benzene rings is 2. The number of aromatic nitrogens is 1. The van der Waals surface area contributed by atoms with Crippen molar-refractivity contribution in [1.82, 2.24) is 14.6 Å². The van der Waals surface area contributed by atoms with Gasteiger partial charge in [0.2, 0.25) is 10.0 Å². The van der Waals surface area contributed by atoms with Crippen LogP contribution >= 0.6 is 11.6 Å². The predicted molar refractivity (Wildman–Crippen MR) is 155 cm³/mol. The summed E-state index contributed by atoms with van der Waals surface area (Å²) in [6.07, 6.45) is 5.26. The second kappa shape index (κ2) is 15.1. The Morgan fingerprint density at radius 1 is 1.03 bits per heavy atom. The lowest BCUT2D eigenvalue weighted by Gasteiger charge is -2.32. The zero-order valence-electron chi connectivity index (χ0n) is 22.8. The standard InChI is InChI=1S/C30H38ClN3O4S/c1-4-23(3)29(33-39(36,37)28-15-13-27(31)14-16-28)22-34(20-24-9-8-18-32-19-24)21-26-11-7-6-10-25(26)12-17-30(35)38-5-2/h6-11,13-16,18-19,23,29,33H,4-5,12,17,20-22H2,1-3H3/t23-,29+/m0/s1. The minimum Gasteiger partial charge on any atom is -0.466 e. The van der Waals surface area contributed by atoms with Gasteiger partial charge in [-0.25, -0.2) is 13.1 Å². The Morgan fingerprint density at radius 2 is 1.74 bits per heavy atom. The van der Waals surface area contributed by atoms with E-state index >= 15 is 0 Å². The van der Waals surface area contributed by atoms with Gasteiger partial charge in [0.25, 0.3) is 0 Å². The van der Waals surface area contributed by atoms with E-state index in [0.29, 0.717) is 44.1 Å². The van der Waals surface area contributed by atoms with Crippen molar-refractivity contribution < 1.29 is 17.9 Å². The molecule has 1 aromatic heterocycles. The van der Waals surface area contributed by atoms with Crippen molar-refractivity contribution in [1.29, 1.82) is 0 Å². The summed E-state index contributed by atoms with van der Waals surface area (Å²) in [5, 5.41) is 0.483. The van der Waals surface area contributed by atoms with Crippen molar-refractivity contribution in [2.45, 2.75) is 64.1 Å². The van der Waals surface area contributed by atoms with Gasteiger partial charge in [0.1, 0.15) is 0 Å². The monoisotopic (exact) mass is 571 g/mol. The Labute approximate surface area is 237 Å². The van der Waals surface area contributed by atoms with E-state index in [2.05, 4.69) is 34.5 Å². The van der Waals surface area contributed by atoms with E-state index in [-0.39, 0.29) is 22.8 Å². The Morgan fingerprint density at radius 3 is 2.38 bits per heavy atom. The Hall–Kier alpha value is -2.78. The lowest BCUT2D eigenvalue weighted by atomic mass is 9.98. The molecule has 9 heteroatoms. The number of rotatable bonds is 15. The fourth-order valence-corrected chi connectivity index (χ4v) is 5.84. The van der Waals surface area contributed by atoms with Crippen molar-refractivity contribution in [2.24, 2.45) is 5.92 Å². The van der Waals surface area contributed by atoms with Crippen LogP contribution in [0.2, 0.25) is 5.02 Å². The number of esters is 1. The van der Waals surface area contributed by atoms with Crippen LogP contribution in [0.15, 0.2) is 78.0 Å². The van der Waals surface area contributed by atoms with Gasteiger partial charge in [0, 0.05) is 49.5 Å². The van der Waals surface area contributed by atoms with Gasteiger partial charge in [0.15, 0.2) is 0 Å². The molecule has 0 radical (unpaired) electrons. The van der Waals surface area contributed by atoms with Gasteiger partial charge < -0.3 is 4.74 Å². The van der Waals surface area contributed by atoms with E-state index in [0.717, 1.165) is 23.1 Å². The van der Waals surface area contributed by atoms with Crippen molar-refractivity contribution >= 4 is 27.6 Å². The number of carbonyl (C=O) groups excluding carboxylic acids is 1. The van der Waals surface area contributed by atoms with Gasteiger partial charge in [-0.2, -0.15) is 0 Å². The number of sulfonamides is 1. The molecule has 0 fully saturated rings. The molecule has 0 bridgehead atoms. The molecule has 0 aliphatic rings. The fourth-order valence-electron chi connectivity index (χ4n) is 4.38. The molecule has 0 saturated carbocycles. The van der Waals surface area contributed by atoms with E-state index in [4.69, 9.17) is 16.3 Å². The third-order valence-corrected chi connectivity index (χ3v) is 8.52. The number of hydrogen-bond donors (Lipinski definition) is 1. The van der Waals surface area contributed by atoms with Gasteiger partial charge >= 0.3 is 5.97 Å². The number of halogens is 1. The third kappa shape index (κ3) is 9.72. The van der Waals surface area contributed by atoms with Crippen LogP contribution in [0.4, 0.5) is 0 Å². The number of hydrogen-bond acceptors (Lipinski definition) is 6. The summed E-state index contributed by atoms with van der Waals surface area (Å²) in [7, 11) is -3.75. The second-order valence-corrected chi connectivity index (χ2v) is 11.8. The maximum absolute atomic E-state index is 13.3. The van der Waals surface area contributed by atoms with Gasteiger partial charge in [-0.05, 0) is 66.3 Å². The number of carbonyl (C=O) groups is 1. The quantitative estimate of drug-likeness (QED) is 0.238. The zero-order chi connectivity index (χ0) is 28.3. The van der Waals surface area contributed by atoms with Crippen LogP contribution in [0, 0.1) is 5.92 Å². The van der Waals surface area contributed by atoms with Gasteiger partial charge in [-0.15, -0.1) is 0 Å². The number of nitrogens with one attached hydrogen (secondary N) is 1. The summed E-state index contributed by atoms with van der Waals surface area (Å²) in [6.45, 7) is 7.95. The van der Waals surface area contributed by atoms with Crippen molar-refractivity contribution in [3.05, 3.63) is 94.8 Å². The summed E-state index contributed by atoms with van der Waals surface area (Å²) in [6, 6.07) is 17.8. The number of pyridine rings is 1. The fraction of sp³-hybridized carbons (Fsp3) is 0.400. The summed E-state index contributed by atoms with van der Waals surface area (Å²) < 4.78 is 34.7. The zero-order valence-corrected chi connectivity index (χ0v) is 24.4. The average molecular weight is 572 g/mol. The SMILES string of the molecule is CCOC(=O)CCc1ccccc1CN(Cc1cccnc1)C[C@@H](NS(=O)(=O)c1ccc(Cl)cc1)[C@@H](C)CC. The first-order valence-electron chi connectivity index (χ1n) is 13.3. The summed E-state index contributed by atoms with van der Waals surface area (Å²) >= 11 is 5.98. The van der Waals surface area contributed by atoms with E-state index in [9.17, 15) is 13.2 Å². The number of ether oxygens (including phenoxy) is 1. The van der Waals surface area contributed by atoms with Crippen LogP contribution in [0.1, 0.15) is 50.3 Å². The predicted octanol–water partition coefficient (Wildman–Crippen LogP) is 5.63. The molecule has 0 spiro atoms. The van der Waals surface area contributed by atoms with Crippen LogP contribution < -0.4 is 4.72 Å². The third-order valence-electron chi connectivity index (χ3n) is 6.76. The van der Waals surface area contributed by atoms with Crippen LogP contribution in [-0.4, -0.2) is 43.5 Å². The van der Waals surface area contributed by atoms with Gasteiger partial charge in [-0.1, -0.05) is 62.2 Å². The maximum Gasteiger partial charge on any atom is 0.306 e. The Bertz CT molecular complexity index is 1290. The number of aryl methyl sites for hydroxylation is 1. The normalized spacial score (nSPS) is 13.3.